The quantitative estimate of drug-likeness (QED) is 0.569. The lowest BCUT2D eigenvalue weighted by Gasteiger charge is -2.10. The van der Waals surface area contributed by atoms with E-state index in [1.165, 1.54) is 7.11 Å². The molecule has 156 valence electrons. The predicted octanol–water partition coefficient (Wildman–Crippen LogP) is 4.19. The summed E-state index contributed by atoms with van der Waals surface area (Å²) >= 11 is 0.963. The molecule has 0 aliphatic rings. The molecule has 0 atom stereocenters. The zero-order valence-electron chi connectivity index (χ0n) is 16.8. The van der Waals surface area contributed by atoms with Crippen LogP contribution >= 0.6 is 11.3 Å². The second-order valence-electron chi connectivity index (χ2n) is 6.29. The van der Waals surface area contributed by atoms with Crippen LogP contribution in [0, 0.1) is 6.92 Å². The summed E-state index contributed by atoms with van der Waals surface area (Å²) in [5, 5.41) is 4.76. The number of methoxy groups -OCH3 is 1. The lowest BCUT2D eigenvalue weighted by atomic mass is 10.1. The third-order valence-electron chi connectivity index (χ3n) is 4.36. The van der Waals surface area contributed by atoms with Gasteiger partial charge in [0.2, 0.25) is 0 Å². The van der Waals surface area contributed by atoms with Gasteiger partial charge in [-0.25, -0.2) is 9.59 Å². The molecule has 0 radical (unpaired) electrons. The average molecular weight is 427 g/mol. The van der Waals surface area contributed by atoms with E-state index in [4.69, 9.17) is 14.2 Å². The molecule has 1 aromatic heterocycles. The summed E-state index contributed by atoms with van der Waals surface area (Å²) in [5.74, 6) is -1.10. The number of amides is 1. The van der Waals surface area contributed by atoms with Crippen LogP contribution in [0.5, 0.6) is 5.75 Å². The van der Waals surface area contributed by atoms with Crippen molar-refractivity contribution in [2.24, 2.45) is 0 Å². The third-order valence-corrected chi connectivity index (χ3v) is 5.55. The molecule has 0 unspecified atom stereocenters. The number of nitrogens with one attached hydrogen (secondary N) is 1. The van der Waals surface area contributed by atoms with E-state index in [2.05, 4.69) is 5.32 Å². The number of carbonyl (C=O) groups excluding carboxylic acids is 3. The van der Waals surface area contributed by atoms with E-state index in [0.717, 1.165) is 22.1 Å². The van der Waals surface area contributed by atoms with Crippen LogP contribution in [0.4, 0.5) is 5.00 Å². The standard InChI is InChI=1S/C22H21NO6S/c1-4-28-21(25)18-13(2)19(22(26)27-3)30-20(18)23-17(24)12-29-16-11-7-9-14-8-5-6-10-15(14)16/h5-11H,4,12H2,1-3H3,(H,23,24). The summed E-state index contributed by atoms with van der Waals surface area (Å²) in [6.07, 6.45) is 0. The fourth-order valence-corrected chi connectivity index (χ4v) is 4.09. The lowest BCUT2D eigenvalue weighted by Crippen LogP contribution is -2.21. The molecule has 0 fully saturated rings. The van der Waals surface area contributed by atoms with Gasteiger partial charge < -0.3 is 19.5 Å². The van der Waals surface area contributed by atoms with E-state index < -0.39 is 17.8 Å². The van der Waals surface area contributed by atoms with Crippen molar-refractivity contribution in [2.75, 3.05) is 25.6 Å². The highest BCUT2D eigenvalue weighted by Gasteiger charge is 2.27. The second kappa shape index (κ2) is 9.41. The normalized spacial score (nSPS) is 10.5. The summed E-state index contributed by atoms with van der Waals surface area (Å²) in [5.41, 5.74) is 0.538. The number of benzene rings is 2. The van der Waals surface area contributed by atoms with Crippen LogP contribution in [0.25, 0.3) is 10.8 Å². The summed E-state index contributed by atoms with van der Waals surface area (Å²) < 4.78 is 15.5. The van der Waals surface area contributed by atoms with Crippen molar-refractivity contribution >= 4 is 45.0 Å². The van der Waals surface area contributed by atoms with Crippen molar-refractivity contribution in [1.29, 1.82) is 0 Å². The fourth-order valence-electron chi connectivity index (χ4n) is 2.97. The Balaban J connectivity index is 1.80. The first-order valence-electron chi connectivity index (χ1n) is 9.25. The smallest absolute Gasteiger partial charge is 0.348 e. The monoisotopic (exact) mass is 427 g/mol. The summed E-state index contributed by atoms with van der Waals surface area (Å²) in [6, 6.07) is 13.3. The molecule has 0 aliphatic carbocycles. The Bertz CT molecular complexity index is 1100. The van der Waals surface area contributed by atoms with Gasteiger partial charge in [-0.2, -0.15) is 0 Å². The molecule has 0 aliphatic heterocycles. The zero-order chi connectivity index (χ0) is 21.7. The molecular weight excluding hydrogens is 406 g/mol. The lowest BCUT2D eigenvalue weighted by molar-refractivity contribution is -0.118. The molecule has 3 rings (SSSR count). The molecule has 2 aromatic carbocycles. The largest absolute Gasteiger partial charge is 0.483 e. The molecule has 0 spiro atoms. The Morgan fingerprint density at radius 2 is 1.77 bits per heavy atom. The number of anilines is 1. The van der Waals surface area contributed by atoms with Crippen LogP contribution in [0.2, 0.25) is 0 Å². The number of hydrogen-bond acceptors (Lipinski definition) is 7. The number of hydrogen-bond donors (Lipinski definition) is 1. The van der Waals surface area contributed by atoms with Gasteiger partial charge in [0.05, 0.1) is 19.3 Å². The average Bonchev–Trinajstić information content (AvgIpc) is 3.07. The van der Waals surface area contributed by atoms with Gasteiger partial charge in [-0.05, 0) is 30.9 Å². The van der Waals surface area contributed by atoms with Gasteiger partial charge in [0.25, 0.3) is 5.91 Å². The van der Waals surface area contributed by atoms with Crippen LogP contribution in [-0.2, 0) is 14.3 Å². The molecular formula is C22H21NO6S. The van der Waals surface area contributed by atoms with Crippen molar-refractivity contribution in [3.8, 4) is 5.75 Å². The van der Waals surface area contributed by atoms with Gasteiger partial charge in [0.15, 0.2) is 6.61 Å². The zero-order valence-corrected chi connectivity index (χ0v) is 17.6. The van der Waals surface area contributed by atoms with Gasteiger partial charge in [-0.15, -0.1) is 11.3 Å². The van der Waals surface area contributed by atoms with Crippen LogP contribution < -0.4 is 10.1 Å². The molecule has 30 heavy (non-hydrogen) atoms. The van der Waals surface area contributed by atoms with Crippen molar-refractivity contribution in [3.63, 3.8) is 0 Å². The molecule has 0 saturated heterocycles. The highest BCUT2D eigenvalue weighted by atomic mass is 32.1. The minimum absolute atomic E-state index is 0.140. The molecule has 0 bridgehead atoms. The second-order valence-corrected chi connectivity index (χ2v) is 7.31. The predicted molar refractivity (Wildman–Crippen MR) is 114 cm³/mol. The maximum absolute atomic E-state index is 12.5. The number of carbonyl (C=O) groups is 3. The van der Waals surface area contributed by atoms with E-state index in [1.807, 2.05) is 36.4 Å². The maximum Gasteiger partial charge on any atom is 0.348 e. The summed E-state index contributed by atoms with van der Waals surface area (Å²) in [4.78, 5) is 37.1. The van der Waals surface area contributed by atoms with Crippen LogP contribution in [-0.4, -0.2) is 38.2 Å². The summed E-state index contributed by atoms with van der Waals surface area (Å²) in [7, 11) is 1.25. The number of esters is 2. The van der Waals surface area contributed by atoms with E-state index in [1.54, 1.807) is 19.9 Å². The third kappa shape index (κ3) is 4.44. The highest BCUT2D eigenvalue weighted by Crippen LogP contribution is 2.34. The molecule has 7 nitrogen and oxygen atoms in total. The Hall–Kier alpha value is -3.39. The minimum Gasteiger partial charge on any atom is -0.483 e. The topological polar surface area (TPSA) is 90.9 Å². The van der Waals surface area contributed by atoms with Crippen LogP contribution in [0.3, 0.4) is 0 Å². The summed E-state index contributed by atoms with van der Waals surface area (Å²) in [6.45, 7) is 3.19. The van der Waals surface area contributed by atoms with Gasteiger partial charge in [0.1, 0.15) is 15.6 Å². The molecule has 3 aromatic rings. The fraction of sp³-hybridized carbons (Fsp3) is 0.227. The van der Waals surface area contributed by atoms with E-state index in [9.17, 15) is 14.4 Å². The Morgan fingerprint density at radius 1 is 1.03 bits per heavy atom. The first kappa shape index (κ1) is 21.3. The minimum atomic E-state index is -0.619. The maximum atomic E-state index is 12.5. The van der Waals surface area contributed by atoms with E-state index in [0.29, 0.717) is 11.3 Å². The van der Waals surface area contributed by atoms with E-state index >= 15 is 0 Å². The first-order chi connectivity index (χ1) is 14.5. The number of fused-ring (bicyclic) bond motifs is 1. The first-order valence-corrected chi connectivity index (χ1v) is 10.1. The Morgan fingerprint density at radius 3 is 2.50 bits per heavy atom. The van der Waals surface area contributed by atoms with Crippen LogP contribution in [0.15, 0.2) is 42.5 Å². The van der Waals surface area contributed by atoms with Gasteiger partial charge in [0, 0.05) is 5.39 Å². The van der Waals surface area contributed by atoms with Gasteiger partial charge >= 0.3 is 11.9 Å². The van der Waals surface area contributed by atoms with Gasteiger partial charge in [-0.1, -0.05) is 36.4 Å². The van der Waals surface area contributed by atoms with E-state index in [-0.39, 0.29) is 28.7 Å². The molecule has 0 saturated carbocycles. The van der Waals surface area contributed by atoms with Crippen molar-refractivity contribution < 1.29 is 28.6 Å². The Labute approximate surface area is 177 Å². The molecule has 1 heterocycles. The molecule has 1 N–H and O–H groups in total. The van der Waals surface area contributed by atoms with Crippen molar-refractivity contribution in [1.82, 2.24) is 0 Å². The Kier molecular flexibility index (Phi) is 6.68. The number of ether oxygens (including phenoxy) is 3. The van der Waals surface area contributed by atoms with Crippen molar-refractivity contribution in [3.05, 3.63) is 58.5 Å². The van der Waals surface area contributed by atoms with Crippen molar-refractivity contribution in [2.45, 2.75) is 13.8 Å². The molecule has 8 heteroatoms. The SMILES string of the molecule is CCOC(=O)c1c(NC(=O)COc2cccc3ccccc23)sc(C(=O)OC)c1C. The van der Waals surface area contributed by atoms with Crippen LogP contribution in [0.1, 0.15) is 32.5 Å². The molecule has 1 amide bonds. The number of rotatable bonds is 7. The number of thiophene rings is 1. The van der Waals surface area contributed by atoms with Gasteiger partial charge in [-0.3, -0.25) is 4.79 Å². The highest BCUT2D eigenvalue weighted by molar-refractivity contribution is 7.18.